The Morgan fingerprint density at radius 1 is 1.09 bits per heavy atom. The summed E-state index contributed by atoms with van der Waals surface area (Å²) in [6.45, 7) is 2.43. The molecule has 0 bridgehead atoms. The van der Waals surface area contributed by atoms with E-state index in [2.05, 4.69) is 15.2 Å². The van der Waals surface area contributed by atoms with Crippen LogP contribution in [-0.2, 0) is 6.42 Å². The van der Waals surface area contributed by atoms with Gasteiger partial charge in [0.15, 0.2) is 0 Å². The zero-order chi connectivity index (χ0) is 23.7. The van der Waals surface area contributed by atoms with Crippen LogP contribution in [0.2, 0.25) is 0 Å². The van der Waals surface area contributed by atoms with Crippen molar-refractivity contribution in [3.63, 3.8) is 0 Å². The summed E-state index contributed by atoms with van der Waals surface area (Å²) in [5.74, 6) is -0.286. The third-order valence-electron chi connectivity index (χ3n) is 5.86. The molecule has 3 heterocycles. The lowest BCUT2D eigenvalue weighted by Crippen LogP contribution is -2.45. The van der Waals surface area contributed by atoms with Gasteiger partial charge in [0.2, 0.25) is 11.8 Å². The minimum atomic E-state index is -0.381. The Labute approximate surface area is 199 Å². The Hall–Kier alpha value is -3.46. The number of carbonyl (C=O) groups excluding carboxylic acids is 1. The minimum Gasteiger partial charge on any atom is -0.421 e. The van der Waals surface area contributed by atoms with E-state index in [0.717, 1.165) is 24.3 Å². The molecule has 1 aliphatic heterocycles. The molecule has 0 aliphatic carbocycles. The molecule has 1 fully saturated rings. The monoisotopic (exact) mass is 480 g/mol. The molecule has 0 radical (unpaired) electrons. The van der Waals surface area contributed by atoms with Crippen LogP contribution < -0.4 is 0 Å². The molecule has 0 N–H and O–H groups in total. The van der Waals surface area contributed by atoms with Crippen LogP contribution in [-0.4, -0.2) is 38.6 Å². The summed E-state index contributed by atoms with van der Waals surface area (Å²) in [4.78, 5) is 20.6. The van der Waals surface area contributed by atoms with Crippen LogP contribution in [0.25, 0.3) is 21.9 Å². The number of piperidine rings is 1. The average molecular weight is 481 g/mol. The summed E-state index contributed by atoms with van der Waals surface area (Å²) in [6, 6.07) is 12.1. The number of rotatable bonds is 5. The molecule has 2 aromatic heterocycles. The van der Waals surface area contributed by atoms with Gasteiger partial charge in [0.1, 0.15) is 17.3 Å². The molecule has 6 nitrogen and oxygen atoms in total. The molecule has 1 amide bonds. The summed E-state index contributed by atoms with van der Waals surface area (Å²) >= 11 is 1.38. The highest BCUT2D eigenvalue weighted by Crippen LogP contribution is 2.33. The van der Waals surface area contributed by atoms with E-state index in [1.54, 1.807) is 24.3 Å². The van der Waals surface area contributed by atoms with Gasteiger partial charge >= 0.3 is 0 Å². The number of likely N-dealkylation sites (tertiary alicyclic amines) is 1. The van der Waals surface area contributed by atoms with Crippen molar-refractivity contribution in [2.24, 2.45) is 0 Å². The lowest BCUT2D eigenvalue weighted by Gasteiger charge is -2.35. The quantitative estimate of drug-likeness (QED) is 0.367. The van der Waals surface area contributed by atoms with E-state index in [1.807, 2.05) is 11.8 Å². The van der Waals surface area contributed by atoms with Crippen molar-refractivity contribution in [3.05, 3.63) is 76.8 Å². The lowest BCUT2D eigenvalue weighted by molar-refractivity contribution is 0.0601. The molecule has 1 atom stereocenters. The second-order valence-corrected chi connectivity index (χ2v) is 9.49. The molecule has 9 heteroatoms. The van der Waals surface area contributed by atoms with E-state index in [9.17, 15) is 13.6 Å². The molecule has 5 rings (SSSR count). The first-order valence-corrected chi connectivity index (χ1v) is 11.9. The fraction of sp³-hybridized carbons (Fsp3) is 0.280. The van der Waals surface area contributed by atoms with Crippen LogP contribution in [0, 0.1) is 18.6 Å². The van der Waals surface area contributed by atoms with E-state index in [-0.39, 0.29) is 29.5 Å². The minimum absolute atomic E-state index is 0.135. The number of aromatic nitrogens is 3. The first kappa shape index (κ1) is 22.3. The number of hydrogen-bond acceptors (Lipinski definition) is 6. The van der Waals surface area contributed by atoms with E-state index < -0.39 is 0 Å². The summed E-state index contributed by atoms with van der Waals surface area (Å²) in [5, 5.41) is 8.93. The standard InChI is InChI=1S/C25H22F2N4O2S/c1-15-28-22(23(34-15)16-6-4-8-18(26)12-16)25(32)31-11-3-2-10-20(31)14-21-29-30-24(33-21)17-7-5-9-19(27)13-17/h4-9,12-13,20H,2-3,10-11,14H2,1H3. The number of benzene rings is 2. The predicted molar refractivity (Wildman–Crippen MR) is 124 cm³/mol. The molecule has 34 heavy (non-hydrogen) atoms. The smallest absolute Gasteiger partial charge is 0.274 e. The fourth-order valence-electron chi connectivity index (χ4n) is 4.29. The first-order chi connectivity index (χ1) is 16.5. The number of carbonyl (C=O) groups is 1. The van der Waals surface area contributed by atoms with E-state index in [1.165, 1.54) is 35.6 Å². The molecule has 4 aromatic rings. The maximum atomic E-state index is 13.8. The third-order valence-corrected chi connectivity index (χ3v) is 6.88. The van der Waals surface area contributed by atoms with Gasteiger partial charge in [-0.3, -0.25) is 4.79 Å². The topological polar surface area (TPSA) is 72.1 Å². The molecule has 1 unspecified atom stereocenters. The van der Waals surface area contributed by atoms with Crippen molar-refractivity contribution in [1.29, 1.82) is 0 Å². The van der Waals surface area contributed by atoms with Gasteiger partial charge in [-0.1, -0.05) is 18.2 Å². The molecule has 174 valence electrons. The second kappa shape index (κ2) is 9.42. The predicted octanol–water partition coefficient (Wildman–Crippen LogP) is 5.68. The van der Waals surface area contributed by atoms with Crippen molar-refractivity contribution >= 4 is 17.2 Å². The van der Waals surface area contributed by atoms with Crippen LogP contribution in [0.3, 0.4) is 0 Å². The van der Waals surface area contributed by atoms with Gasteiger partial charge in [-0.2, -0.15) is 0 Å². The number of aryl methyl sites for hydroxylation is 1. The molecular formula is C25H22F2N4O2S. The largest absolute Gasteiger partial charge is 0.421 e. The van der Waals surface area contributed by atoms with E-state index in [0.29, 0.717) is 40.6 Å². The normalized spacial score (nSPS) is 16.1. The number of amides is 1. The van der Waals surface area contributed by atoms with Crippen LogP contribution in [0.15, 0.2) is 52.9 Å². The van der Waals surface area contributed by atoms with Gasteiger partial charge in [-0.15, -0.1) is 21.5 Å². The van der Waals surface area contributed by atoms with Crippen molar-refractivity contribution in [3.8, 4) is 21.9 Å². The fourth-order valence-corrected chi connectivity index (χ4v) is 5.20. The van der Waals surface area contributed by atoms with Crippen molar-refractivity contribution in [1.82, 2.24) is 20.1 Å². The number of nitrogens with zero attached hydrogens (tertiary/aromatic N) is 4. The van der Waals surface area contributed by atoms with Crippen molar-refractivity contribution in [2.75, 3.05) is 6.54 Å². The molecule has 1 aliphatic rings. The molecular weight excluding hydrogens is 458 g/mol. The Kier molecular flexibility index (Phi) is 6.19. The summed E-state index contributed by atoms with van der Waals surface area (Å²) < 4.78 is 33.2. The second-order valence-electron chi connectivity index (χ2n) is 8.28. The summed E-state index contributed by atoms with van der Waals surface area (Å²) in [7, 11) is 0. The van der Waals surface area contributed by atoms with Gasteiger partial charge in [-0.05, 0) is 62.1 Å². The van der Waals surface area contributed by atoms with Crippen LogP contribution >= 0.6 is 11.3 Å². The summed E-state index contributed by atoms with van der Waals surface area (Å²) in [5.41, 5.74) is 1.48. The Morgan fingerprint density at radius 2 is 1.82 bits per heavy atom. The Bertz CT molecular complexity index is 1340. The van der Waals surface area contributed by atoms with E-state index >= 15 is 0 Å². The molecule has 1 saturated heterocycles. The highest BCUT2D eigenvalue weighted by molar-refractivity contribution is 7.15. The first-order valence-electron chi connectivity index (χ1n) is 11.1. The van der Waals surface area contributed by atoms with Gasteiger partial charge in [-0.25, -0.2) is 13.8 Å². The van der Waals surface area contributed by atoms with E-state index in [4.69, 9.17) is 4.42 Å². The SMILES string of the molecule is Cc1nc(C(=O)N2CCCCC2Cc2nnc(-c3cccc(F)c3)o2)c(-c2cccc(F)c2)s1. The number of thiazole rings is 1. The maximum Gasteiger partial charge on any atom is 0.274 e. The average Bonchev–Trinajstić information content (AvgIpc) is 3.46. The number of halogens is 2. The zero-order valence-corrected chi connectivity index (χ0v) is 19.3. The Balaban J connectivity index is 1.39. The van der Waals surface area contributed by atoms with Crippen LogP contribution in [0.1, 0.15) is 40.6 Å². The number of hydrogen-bond donors (Lipinski definition) is 0. The maximum absolute atomic E-state index is 13.8. The van der Waals surface area contributed by atoms with Crippen LogP contribution in [0.4, 0.5) is 8.78 Å². The zero-order valence-electron chi connectivity index (χ0n) is 18.5. The highest BCUT2D eigenvalue weighted by atomic mass is 32.1. The third kappa shape index (κ3) is 4.61. The van der Waals surface area contributed by atoms with Gasteiger partial charge in [0, 0.05) is 24.6 Å². The molecule has 0 spiro atoms. The Morgan fingerprint density at radius 3 is 2.59 bits per heavy atom. The molecule has 2 aromatic carbocycles. The van der Waals surface area contributed by atoms with Gasteiger partial charge in [0.25, 0.3) is 5.91 Å². The van der Waals surface area contributed by atoms with Gasteiger partial charge < -0.3 is 9.32 Å². The lowest BCUT2D eigenvalue weighted by atomic mass is 9.98. The summed E-state index contributed by atoms with van der Waals surface area (Å²) in [6.07, 6.45) is 3.06. The van der Waals surface area contributed by atoms with Crippen molar-refractivity contribution < 1.29 is 18.0 Å². The van der Waals surface area contributed by atoms with Crippen LogP contribution in [0.5, 0.6) is 0 Å². The highest BCUT2D eigenvalue weighted by Gasteiger charge is 2.32. The van der Waals surface area contributed by atoms with Crippen molar-refractivity contribution in [2.45, 2.75) is 38.6 Å². The van der Waals surface area contributed by atoms with Gasteiger partial charge in [0.05, 0.1) is 9.88 Å². The molecule has 0 saturated carbocycles.